The molecule has 13 heteroatoms. The van der Waals surface area contributed by atoms with Gasteiger partial charge in [0.25, 0.3) is 5.91 Å². The lowest BCUT2D eigenvalue weighted by molar-refractivity contribution is -0.147. The van der Waals surface area contributed by atoms with Crippen molar-refractivity contribution in [3.63, 3.8) is 0 Å². The lowest BCUT2D eigenvalue weighted by Crippen LogP contribution is -2.43. The van der Waals surface area contributed by atoms with Crippen LogP contribution in [0.25, 0.3) is 21.2 Å². The van der Waals surface area contributed by atoms with Crippen LogP contribution in [0.15, 0.2) is 41.3 Å². The van der Waals surface area contributed by atoms with Crippen LogP contribution in [0.2, 0.25) is 0 Å². The number of alkyl halides is 3. The summed E-state index contributed by atoms with van der Waals surface area (Å²) in [7, 11) is -4.51. The predicted octanol–water partition coefficient (Wildman–Crippen LogP) is 3.62. The maximum absolute atomic E-state index is 13.1. The van der Waals surface area contributed by atoms with E-state index in [2.05, 4.69) is 10.3 Å². The first-order valence-electron chi connectivity index (χ1n) is 12.1. The molecule has 0 spiro atoms. The first-order valence-corrected chi connectivity index (χ1v) is 14.4. The summed E-state index contributed by atoms with van der Waals surface area (Å²) < 4.78 is 66.8. The van der Waals surface area contributed by atoms with E-state index in [1.165, 1.54) is 18.2 Å². The lowest BCUT2D eigenvalue weighted by Gasteiger charge is -2.24. The molecule has 1 aliphatic carbocycles. The minimum atomic E-state index is -4.74. The van der Waals surface area contributed by atoms with Crippen molar-refractivity contribution in [3.05, 3.63) is 47.1 Å². The second-order valence-electron chi connectivity index (χ2n) is 9.38. The highest BCUT2D eigenvalue weighted by Crippen LogP contribution is 2.40. The van der Waals surface area contributed by atoms with Crippen molar-refractivity contribution in [1.82, 2.24) is 15.0 Å². The van der Waals surface area contributed by atoms with Crippen molar-refractivity contribution in [2.75, 3.05) is 13.2 Å². The zero-order chi connectivity index (χ0) is 27.7. The number of carbonyl (C=O) groups excluding carboxylic acids is 1. The number of hydrogen-bond donors (Lipinski definition) is 4. The molecule has 0 bridgehead atoms. The zero-order valence-corrected chi connectivity index (χ0v) is 22.1. The number of hydrogen-bond acceptors (Lipinski definition) is 7. The molecule has 1 amide bonds. The number of amides is 1. The Bertz CT molecular complexity index is 1420. The molecule has 3 aromatic rings. The summed E-state index contributed by atoms with van der Waals surface area (Å²) in [5.41, 5.74) is 1.29. The standard InChI is InChI=1S/C25H28F3N3O5S2/c1-14(25(26,27)28)31-38(35,36)21-10-9-19(17-7-2-3-8-18(17)21)22-20(11-15-5-4-6-15)30-24(37-22)23(34)29-12-16(33)13-32/h2-3,7-10,14-16,31-33H,4-6,11-13H2,1H3,(H,29,34)/t14-,16?/m0/s1. The number of rotatable bonds is 10. The Balaban J connectivity index is 1.77. The van der Waals surface area contributed by atoms with Gasteiger partial charge in [-0.25, -0.2) is 13.4 Å². The van der Waals surface area contributed by atoms with Crippen LogP contribution < -0.4 is 10.0 Å². The fourth-order valence-electron chi connectivity index (χ4n) is 4.19. The maximum atomic E-state index is 13.1. The number of carbonyl (C=O) groups is 1. The van der Waals surface area contributed by atoms with Gasteiger partial charge >= 0.3 is 6.18 Å². The van der Waals surface area contributed by atoms with Crippen LogP contribution in [0.5, 0.6) is 0 Å². The van der Waals surface area contributed by atoms with Crippen molar-refractivity contribution in [1.29, 1.82) is 0 Å². The SMILES string of the molecule is C[C@H](NS(=O)(=O)c1ccc(-c2sc(C(=O)NCC(O)CO)nc2CC2CCC2)c2ccccc12)C(F)(F)F. The van der Waals surface area contributed by atoms with E-state index in [9.17, 15) is 31.5 Å². The van der Waals surface area contributed by atoms with Crippen LogP contribution in [0.4, 0.5) is 13.2 Å². The number of benzene rings is 2. The third-order valence-corrected chi connectivity index (χ3v) is 9.28. The van der Waals surface area contributed by atoms with Gasteiger partial charge in [-0.05, 0) is 30.7 Å². The van der Waals surface area contributed by atoms with E-state index in [1.807, 2.05) is 0 Å². The Morgan fingerprint density at radius 3 is 2.47 bits per heavy atom. The first kappa shape index (κ1) is 28.4. The summed E-state index contributed by atoms with van der Waals surface area (Å²) in [6.07, 6.45) is -2.07. The van der Waals surface area contributed by atoms with Crippen LogP contribution >= 0.6 is 11.3 Å². The van der Waals surface area contributed by atoms with Crippen LogP contribution in [0, 0.1) is 5.92 Å². The molecule has 2 atom stereocenters. The molecular weight excluding hydrogens is 543 g/mol. The molecule has 206 valence electrons. The monoisotopic (exact) mass is 571 g/mol. The minimum Gasteiger partial charge on any atom is -0.394 e. The van der Waals surface area contributed by atoms with Crippen molar-refractivity contribution < 1.29 is 36.6 Å². The lowest BCUT2D eigenvalue weighted by atomic mass is 9.81. The topological polar surface area (TPSA) is 129 Å². The summed E-state index contributed by atoms with van der Waals surface area (Å²) >= 11 is 1.12. The number of thiazole rings is 1. The van der Waals surface area contributed by atoms with Crippen molar-refractivity contribution in [2.24, 2.45) is 5.92 Å². The quantitative estimate of drug-likeness (QED) is 0.294. The zero-order valence-electron chi connectivity index (χ0n) is 20.5. The Hall–Kier alpha value is -2.58. The summed E-state index contributed by atoms with van der Waals surface area (Å²) in [6.45, 7) is 0.0828. The Morgan fingerprint density at radius 1 is 1.18 bits per heavy atom. The summed E-state index contributed by atoms with van der Waals surface area (Å²) in [5, 5.41) is 22.0. The molecule has 0 saturated heterocycles. The number of nitrogens with one attached hydrogen (secondary N) is 2. The Morgan fingerprint density at radius 2 is 1.87 bits per heavy atom. The second-order valence-corrected chi connectivity index (χ2v) is 12.1. The van der Waals surface area contributed by atoms with E-state index in [-0.39, 0.29) is 21.8 Å². The molecule has 1 aromatic heterocycles. The number of halogens is 3. The van der Waals surface area contributed by atoms with Gasteiger partial charge in [0, 0.05) is 17.5 Å². The number of aromatic nitrogens is 1. The summed E-state index contributed by atoms with van der Waals surface area (Å²) in [4.78, 5) is 17.7. The van der Waals surface area contributed by atoms with Crippen molar-refractivity contribution >= 4 is 38.0 Å². The molecule has 1 unspecified atom stereocenters. The number of aliphatic hydroxyl groups is 2. The van der Waals surface area contributed by atoms with Crippen LogP contribution in [0.3, 0.4) is 0 Å². The minimum absolute atomic E-state index is 0.152. The van der Waals surface area contributed by atoms with Gasteiger partial charge in [-0.15, -0.1) is 11.3 Å². The largest absolute Gasteiger partial charge is 0.404 e. The molecule has 2 aromatic carbocycles. The van der Waals surface area contributed by atoms with Gasteiger partial charge in [-0.3, -0.25) is 4.79 Å². The predicted molar refractivity (Wildman–Crippen MR) is 137 cm³/mol. The van der Waals surface area contributed by atoms with Gasteiger partial charge in [-0.2, -0.15) is 17.9 Å². The van der Waals surface area contributed by atoms with Crippen molar-refractivity contribution in [3.8, 4) is 10.4 Å². The van der Waals surface area contributed by atoms with Crippen LogP contribution in [-0.4, -0.2) is 61.0 Å². The highest BCUT2D eigenvalue weighted by molar-refractivity contribution is 7.89. The van der Waals surface area contributed by atoms with E-state index < -0.39 is 40.9 Å². The third kappa shape index (κ3) is 6.18. The molecule has 1 fully saturated rings. The van der Waals surface area contributed by atoms with Crippen molar-refractivity contribution in [2.45, 2.75) is 55.8 Å². The molecular formula is C25H28F3N3O5S2. The van der Waals surface area contributed by atoms with Gasteiger partial charge in [-0.1, -0.05) is 49.6 Å². The van der Waals surface area contributed by atoms with E-state index in [1.54, 1.807) is 22.9 Å². The summed E-state index contributed by atoms with van der Waals surface area (Å²) in [5.74, 6) is -0.112. The van der Waals surface area contributed by atoms with E-state index in [0.717, 1.165) is 37.5 Å². The van der Waals surface area contributed by atoms with E-state index in [4.69, 9.17) is 5.11 Å². The average Bonchev–Trinajstić information content (AvgIpc) is 3.26. The molecule has 0 aliphatic heterocycles. The van der Waals surface area contributed by atoms with Crippen LogP contribution in [0.1, 0.15) is 41.7 Å². The van der Waals surface area contributed by atoms with E-state index in [0.29, 0.717) is 33.9 Å². The molecule has 1 aliphatic rings. The first-order chi connectivity index (χ1) is 17.9. The molecule has 8 nitrogen and oxygen atoms in total. The second kappa shape index (κ2) is 11.3. The number of sulfonamides is 1. The fourth-order valence-corrected chi connectivity index (χ4v) is 6.68. The smallest absolute Gasteiger partial charge is 0.394 e. The number of fused-ring (bicyclic) bond motifs is 1. The Kier molecular flexibility index (Phi) is 8.43. The molecule has 38 heavy (non-hydrogen) atoms. The number of aliphatic hydroxyl groups excluding tert-OH is 2. The highest BCUT2D eigenvalue weighted by Gasteiger charge is 2.39. The average molecular weight is 572 g/mol. The highest BCUT2D eigenvalue weighted by atomic mass is 32.2. The molecule has 4 N–H and O–H groups in total. The molecule has 0 radical (unpaired) electrons. The van der Waals surface area contributed by atoms with Gasteiger partial charge in [0.05, 0.1) is 28.2 Å². The Labute approximate surface area is 222 Å². The summed E-state index contributed by atoms with van der Waals surface area (Å²) in [6, 6.07) is 7.04. The van der Waals surface area contributed by atoms with Gasteiger partial charge < -0.3 is 15.5 Å². The van der Waals surface area contributed by atoms with E-state index >= 15 is 0 Å². The normalized spacial score (nSPS) is 16.3. The van der Waals surface area contributed by atoms with Gasteiger partial charge in [0.2, 0.25) is 10.0 Å². The van der Waals surface area contributed by atoms with Crippen LogP contribution in [-0.2, 0) is 16.4 Å². The molecule has 1 heterocycles. The maximum Gasteiger partial charge on any atom is 0.404 e. The third-order valence-electron chi connectivity index (χ3n) is 6.55. The fraction of sp³-hybridized carbons (Fsp3) is 0.440. The van der Waals surface area contributed by atoms with Gasteiger partial charge in [0.1, 0.15) is 6.04 Å². The molecule has 1 saturated carbocycles. The number of nitrogens with zero attached hydrogens (tertiary/aromatic N) is 1. The molecule has 4 rings (SSSR count). The van der Waals surface area contributed by atoms with Gasteiger partial charge in [0.15, 0.2) is 5.01 Å².